The van der Waals surface area contributed by atoms with E-state index in [-0.39, 0.29) is 0 Å². The summed E-state index contributed by atoms with van der Waals surface area (Å²) in [5.74, 6) is 1.28. The average Bonchev–Trinajstić information content (AvgIpc) is 3.48. The van der Waals surface area contributed by atoms with Crippen molar-refractivity contribution < 1.29 is 0 Å². The van der Waals surface area contributed by atoms with Crippen LogP contribution in [0.25, 0.3) is 0 Å². The van der Waals surface area contributed by atoms with E-state index in [1.165, 1.54) is 54.6 Å². The Morgan fingerprint density at radius 1 is 0.857 bits per heavy atom. The van der Waals surface area contributed by atoms with Gasteiger partial charge in [0.1, 0.15) is 0 Å². The zero-order valence-corrected chi connectivity index (χ0v) is 18.1. The van der Waals surface area contributed by atoms with E-state index in [0.29, 0.717) is 17.3 Å². The summed E-state index contributed by atoms with van der Waals surface area (Å²) in [7, 11) is 0. The summed E-state index contributed by atoms with van der Waals surface area (Å²) in [5, 5.41) is 7.02. The fourth-order valence-electron chi connectivity index (χ4n) is 4.60. The summed E-state index contributed by atoms with van der Waals surface area (Å²) in [4.78, 5) is 0. The first-order valence-electron chi connectivity index (χ1n) is 11.2. The second-order valence-corrected chi connectivity index (χ2v) is 9.56. The molecule has 0 bridgehead atoms. The maximum absolute atomic E-state index is 3.56. The van der Waals surface area contributed by atoms with Crippen molar-refractivity contribution in [2.75, 3.05) is 18.4 Å². The number of benzene rings is 2. The van der Waals surface area contributed by atoms with Gasteiger partial charge in [0, 0.05) is 30.7 Å². The second-order valence-electron chi connectivity index (χ2n) is 9.56. The summed E-state index contributed by atoms with van der Waals surface area (Å²) >= 11 is 0. The third-order valence-electron chi connectivity index (χ3n) is 6.74. The highest BCUT2D eigenvalue weighted by atomic mass is 14.9. The Morgan fingerprint density at radius 2 is 1.57 bits per heavy atom. The Hall–Kier alpha value is -1.80. The van der Waals surface area contributed by atoms with Crippen LogP contribution in [0.5, 0.6) is 0 Å². The Labute approximate surface area is 171 Å². The number of hydrogen-bond donors (Lipinski definition) is 2. The molecule has 2 aromatic carbocycles. The molecule has 0 amide bonds. The van der Waals surface area contributed by atoms with Crippen LogP contribution in [0.1, 0.15) is 86.6 Å². The first-order chi connectivity index (χ1) is 13.5. The van der Waals surface area contributed by atoms with E-state index >= 15 is 0 Å². The van der Waals surface area contributed by atoms with Crippen LogP contribution in [0.15, 0.2) is 36.4 Å². The van der Waals surface area contributed by atoms with Gasteiger partial charge in [-0.1, -0.05) is 58.0 Å². The Kier molecular flexibility index (Phi) is 5.51. The maximum atomic E-state index is 3.56. The van der Waals surface area contributed by atoms with Crippen molar-refractivity contribution in [1.82, 2.24) is 5.32 Å². The highest BCUT2D eigenvalue weighted by Crippen LogP contribution is 2.50. The van der Waals surface area contributed by atoms with Crippen molar-refractivity contribution in [3.05, 3.63) is 64.2 Å². The average molecular weight is 377 g/mol. The fourth-order valence-corrected chi connectivity index (χ4v) is 4.60. The SMILES string of the molecule is CC(C)c1ccc2c(c1)CNCC21CC1.CC(C)c1ccc2c(c1)NCCC2. The number of fused-ring (bicyclic) bond motifs is 3. The zero-order valence-electron chi connectivity index (χ0n) is 18.1. The van der Waals surface area contributed by atoms with Gasteiger partial charge in [-0.25, -0.2) is 0 Å². The van der Waals surface area contributed by atoms with Gasteiger partial charge in [0.25, 0.3) is 0 Å². The van der Waals surface area contributed by atoms with Gasteiger partial charge in [0.05, 0.1) is 0 Å². The molecule has 0 aromatic heterocycles. The largest absolute Gasteiger partial charge is 0.385 e. The van der Waals surface area contributed by atoms with E-state index in [4.69, 9.17) is 0 Å². The van der Waals surface area contributed by atoms with Crippen LogP contribution in [-0.4, -0.2) is 13.1 Å². The van der Waals surface area contributed by atoms with Gasteiger partial charge in [-0.2, -0.15) is 0 Å². The van der Waals surface area contributed by atoms with Gasteiger partial charge >= 0.3 is 0 Å². The molecule has 0 saturated heterocycles. The molecule has 0 unspecified atom stereocenters. The predicted molar refractivity (Wildman–Crippen MR) is 120 cm³/mol. The molecular weight excluding hydrogens is 340 g/mol. The third-order valence-corrected chi connectivity index (χ3v) is 6.74. The van der Waals surface area contributed by atoms with Gasteiger partial charge < -0.3 is 10.6 Å². The standard InChI is InChI=1S/C14H19N.C12H17N/c1-10(2)11-3-4-13-12(7-11)8-15-9-14(13)5-6-14;1-9(2)11-6-5-10-4-3-7-13-12(10)8-11/h3-4,7,10,15H,5-6,8-9H2,1-2H3;5-6,8-9,13H,3-4,7H2,1-2H3. The van der Waals surface area contributed by atoms with Crippen molar-refractivity contribution in [3.63, 3.8) is 0 Å². The molecule has 2 heteroatoms. The molecule has 0 atom stereocenters. The van der Waals surface area contributed by atoms with Crippen LogP contribution in [-0.2, 0) is 18.4 Å². The van der Waals surface area contributed by atoms with Gasteiger partial charge in [-0.05, 0) is 71.4 Å². The van der Waals surface area contributed by atoms with Gasteiger partial charge in [-0.3, -0.25) is 0 Å². The summed E-state index contributed by atoms with van der Waals surface area (Å²) < 4.78 is 0. The van der Waals surface area contributed by atoms with Crippen LogP contribution in [0.3, 0.4) is 0 Å². The minimum atomic E-state index is 0.531. The minimum Gasteiger partial charge on any atom is -0.385 e. The molecule has 1 saturated carbocycles. The van der Waals surface area contributed by atoms with Crippen LogP contribution >= 0.6 is 0 Å². The summed E-state index contributed by atoms with van der Waals surface area (Å²) in [5.41, 5.74) is 9.47. The molecule has 1 spiro atoms. The lowest BCUT2D eigenvalue weighted by molar-refractivity contribution is 0.530. The van der Waals surface area contributed by atoms with Crippen molar-refractivity contribution in [3.8, 4) is 0 Å². The van der Waals surface area contributed by atoms with E-state index in [9.17, 15) is 0 Å². The van der Waals surface area contributed by atoms with Gasteiger partial charge in [0.2, 0.25) is 0 Å². The van der Waals surface area contributed by atoms with E-state index in [1.807, 2.05) is 0 Å². The first kappa shape index (κ1) is 19.5. The molecule has 1 aliphatic carbocycles. The molecule has 2 heterocycles. The Balaban J connectivity index is 0.000000139. The lowest BCUT2D eigenvalue weighted by atomic mass is 9.85. The number of rotatable bonds is 2. The minimum absolute atomic E-state index is 0.531. The van der Waals surface area contributed by atoms with Gasteiger partial charge in [0.15, 0.2) is 0 Å². The van der Waals surface area contributed by atoms with E-state index in [2.05, 4.69) is 74.7 Å². The normalized spacial score (nSPS) is 18.8. The van der Waals surface area contributed by atoms with Crippen molar-refractivity contribution in [2.45, 2.75) is 77.2 Å². The number of nitrogens with one attached hydrogen (secondary N) is 2. The van der Waals surface area contributed by atoms with Crippen molar-refractivity contribution >= 4 is 5.69 Å². The molecule has 28 heavy (non-hydrogen) atoms. The van der Waals surface area contributed by atoms with Crippen molar-refractivity contribution in [1.29, 1.82) is 0 Å². The lowest BCUT2D eigenvalue weighted by Crippen LogP contribution is -2.33. The monoisotopic (exact) mass is 376 g/mol. The Bertz CT molecular complexity index is 830. The molecule has 0 radical (unpaired) electrons. The predicted octanol–water partition coefficient (Wildman–Crippen LogP) is 6.11. The maximum Gasteiger partial charge on any atom is 0.0375 e. The van der Waals surface area contributed by atoms with Gasteiger partial charge in [-0.15, -0.1) is 0 Å². The van der Waals surface area contributed by atoms with E-state index in [0.717, 1.165) is 13.1 Å². The number of aryl methyl sites for hydroxylation is 1. The van der Waals surface area contributed by atoms with E-state index < -0.39 is 0 Å². The topological polar surface area (TPSA) is 24.1 Å². The molecule has 2 N–H and O–H groups in total. The highest BCUT2D eigenvalue weighted by molar-refractivity contribution is 5.55. The number of anilines is 1. The summed E-state index contributed by atoms with van der Waals surface area (Å²) in [6, 6.07) is 14.0. The van der Waals surface area contributed by atoms with E-state index in [1.54, 1.807) is 11.1 Å². The van der Waals surface area contributed by atoms with Crippen LogP contribution < -0.4 is 10.6 Å². The first-order valence-corrected chi connectivity index (χ1v) is 11.2. The molecule has 1 fully saturated rings. The van der Waals surface area contributed by atoms with Crippen LogP contribution in [0, 0.1) is 0 Å². The second kappa shape index (κ2) is 7.91. The summed E-state index contributed by atoms with van der Waals surface area (Å²) in [6.07, 6.45) is 5.27. The molecule has 3 aliphatic rings. The zero-order chi connectivity index (χ0) is 19.7. The molecule has 5 rings (SSSR count). The molecule has 150 valence electrons. The quantitative estimate of drug-likeness (QED) is 0.660. The molecule has 2 aliphatic heterocycles. The summed E-state index contributed by atoms with van der Waals surface area (Å²) in [6.45, 7) is 12.4. The van der Waals surface area contributed by atoms with Crippen LogP contribution in [0.4, 0.5) is 5.69 Å². The Morgan fingerprint density at radius 3 is 2.29 bits per heavy atom. The smallest absolute Gasteiger partial charge is 0.0375 e. The molecule has 2 nitrogen and oxygen atoms in total. The number of hydrogen-bond acceptors (Lipinski definition) is 2. The van der Waals surface area contributed by atoms with Crippen LogP contribution in [0.2, 0.25) is 0 Å². The molecular formula is C26H36N2. The fraction of sp³-hybridized carbons (Fsp3) is 0.538. The highest BCUT2D eigenvalue weighted by Gasteiger charge is 2.46. The lowest BCUT2D eigenvalue weighted by Gasteiger charge is -2.27. The third kappa shape index (κ3) is 3.98. The molecule has 2 aromatic rings. The van der Waals surface area contributed by atoms with Crippen molar-refractivity contribution in [2.24, 2.45) is 0 Å².